The molecule has 4 aliphatic carbocycles. The van der Waals surface area contributed by atoms with Crippen LogP contribution in [0.5, 0.6) is 23.0 Å². The Morgan fingerprint density at radius 3 is 1.13 bits per heavy atom. The third-order valence-corrected chi connectivity index (χ3v) is 27.7. The summed E-state index contributed by atoms with van der Waals surface area (Å²) in [5.74, 6) is 4.08. The summed E-state index contributed by atoms with van der Waals surface area (Å²) >= 11 is 0. The quantitative estimate of drug-likeness (QED) is 0.0862. The molecule has 0 atom stereocenters. The highest BCUT2D eigenvalue weighted by Crippen LogP contribution is 2.62. The van der Waals surface area contributed by atoms with E-state index in [1.807, 2.05) is 0 Å². The van der Waals surface area contributed by atoms with Gasteiger partial charge >= 0.3 is 0 Å². The minimum absolute atomic E-state index is 0.0297. The van der Waals surface area contributed by atoms with E-state index in [0.717, 1.165) is 23.0 Å². The number of hydrogen-bond donors (Lipinski definition) is 0. The summed E-state index contributed by atoms with van der Waals surface area (Å²) in [6, 6.07) is 102. The lowest BCUT2D eigenvalue weighted by Gasteiger charge is -2.24. The summed E-state index contributed by atoms with van der Waals surface area (Å²) in [7, 11) is 0. The van der Waals surface area contributed by atoms with Gasteiger partial charge in [0.15, 0.2) is 12.4 Å². The van der Waals surface area contributed by atoms with Crippen molar-refractivity contribution in [3.63, 3.8) is 0 Å². The first-order chi connectivity index (χ1) is 56.6. The lowest BCUT2D eigenvalue weighted by atomic mass is 9.78. The van der Waals surface area contributed by atoms with E-state index in [1.165, 1.54) is 219 Å². The first-order valence-electron chi connectivity index (χ1n) is 40.9. The van der Waals surface area contributed by atoms with E-state index in [0.29, 0.717) is 26.9 Å². The Bertz CT molecular complexity index is 7750. The topological polar surface area (TPSA) is 52.4 Å². The summed E-state index contributed by atoms with van der Waals surface area (Å²) < 4.78 is 34.6. The van der Waals surface area contributed by atoms with Crippen molar-refractivity contribution in [1.29, 1.82) is 0 Å². The molecule has 8 heteroatoms. The van der Waals surface area contributed by atoms with Gasteiger partial charge in [-0.2, -0.15) is 18.3 Å². The highest BCUT2D eigenvalue weighted by Gasteiger charge is 2.52. The Labute approximate surface area is 670 Å². The SMILES string of the molecule is CC1(C)c2c3c(cc4cc5ccccc5cc24)OC[n+]2cc4ccc5ccccc5c4c1c2-3.CC1(C)c2cc3ccccc3[n+]3c2-c2c(cc4c(ccc5ccccc54)c21)OC3.CC1(C)c2cc3ccccc3[n+]3c2-c2c(cc4c(ccc5ccccc54)c21)OC3.CC1(C)c2ccc[n+]3c2-c2c(cc4c(ccc5ccccc54)c21)OC3. The number of hydrogen-bond acceptors (Lipinski definition) is 4. The number of para-hydroxylation sites is 2. The zero-order chi connectivity index (χ0) is 77.3. The Balaban J connectivity index is 0.0000000870. The van der Waals surface area contributed by atoms with Crippen LogP contribution in [0.25, 0.3) is 175 Å². The summed E-state index contributed by atoms with van der Waals surface area (Å²) in [4.78, 5) is 0. The smallest absolute Gasteiger partial charge is 0.293 e. The first kappa shape index (κ1) is 65.9. The van der Waals surface area contributed by atoms with Gasteiger partial charge in [-0.1, -0.05) is 243 Å². The van der Waals surface area contributed by atoms with Gasteiger partial charge in [0.25, 0.3) is 26.9 Å². The van der Waals surface area contributed by atoms with E-state index in [-0.39, 0.29) is 21.7 Å². The molecule has 0 amide bonds. The van der Waals surface area contributed by atoms with Crippen molar-refractivity contribution in [2.45, 2.75) is 104 Å². The zero-order valence-electron chi connectivity index (χ0n) is 66.0. The monoisotopic (exact) mass is 1500 g/mol. The molecular weight excluding hydrogens is 1420 g/mol. The molecule has 116 heavy (non-hydrogen) atoms. The molecule has 8 aliphatic rings. The maximum absolute atomic E-state index is 6.39. The average molecular weight is 1500 g/mol. The Kier molecular flexibility index (Phi) is 13.1. The van der Waals surface area contributed by atoms with Crippen LogP contribution < -0.4 is 37.2 Å². The standard InChI is InChI=1S/C31H22NO.2C27H20NO.C23H18NO/c1-31(2)28-24-14-20-9-4-3-8-19(20)13-22(24)15-25-27(28)30-29(31)26-21(16-32(30)17-33-25)12-11-18-7-5-6-10-23(18)26;2*1-27(2)21-13-17-8-4-6-10-22(17)28-15-29-23-14-20-18-9-5-3-7-16(18)11-12-19(20)25(27)24(23)26(21)28;1-23(2)18-8-5-11-24-13-25-19-12-17-15-7-4-3-6-14(15)9-10-16(17)21(23)20(19)22(18)24/h3-16H,17H2,1-2H3;2*3-14H,15H2,1-2H3;3-12H,13H2,1-2H3/q4*+1. The molecular formula is C108H80N4O4+4. The van der Waals surface area contributed by atoms with E-state index >= 15 is 0 Å². The van der Waals surface area contributed by atoms with Gasteiger partial charge in [-0.25, -0.2) is 0 Å². The molecule has 8 nitrogen and oxygen atoms in total. The highest BCUT2D eigenvalue weighted by molar-refractivity contribution is 6.18. The van der Waals surface area contributed by atoms with Crippen LogP contribution in [0.2, 0.25) is 0 Å². The Morgan fingerprint density at radius 1 is 0.233 bits per heavy atom. The molecule has 0 fully saturated rings. The maximum atomic E-state index is 6.39. The zero-order valence-corrected chi connectivity index (χ0v) is 66.0. The second-order valence-electron chi connectivity index (χ2n) is 35.3. The van der Waals surface area contributed by atoms with Crippen LogP contribution >= 0.6 is 0 Å². The minimum Gasteiger partial charge on any atom is -0.435 e. The molecule has 4 aromatic heterocycles. The lowest BCUT2D eigenvalue weighted by molar-refractivity contribution is -0.717. The minimum atomic E-state index is -0.152. The van der Waals surface area contributed by atoms with E-state index in [9.17, 15) is 0 Å². The molecule has 552 valence electrons. The van der Waals surface area contributed by atoms with Crippen molar-refractivity contribution in [3.8, 4) is 68.0 Å². The fraction of sp³-hybridized carbons (Fsp3) is 0.148. The van der Waals surface area contributed by atoms with Crippen molar-refractivity contribution < 1.29 is 37.2 Å². The largest absolute Gasteiger partial charge is 0.435 e. The molecule has 0 bridgehead atoms. The van der Waals surface area contributed by atoms with Crippen molar-refractivity contribution in [1.82, 2.24) is 0 Å². The number of fused-ring (bicyclic) bond motifs is 23. The Hall–Kier alpha value is -13.6. The molecule has 0 unspecified atom stereocenters. The third-order valence-electron chi connectivity index (χ3n) is 27.7. The summed E-state index contributed by atoms with van der Waals surface area (Å²) in [6.45, 7) is 21.2. The van der Waals surface area contributed by atoms with E-state index in [4.69, 9.17) is 18.9 Å². The molecule has 0 saturated heterocycles. The highest BCUT2D eigenvalue weighted by atomic mass is 16.5. The summed E-state index contributed by atoms with van der Waals surface area (Å²) in [5.41, 5.74) is 23.8. The molecule has 8 heterocycles. The van der Waals surface area contributed by atoms with Crippen LogP contribution in [0.4, 0.5) is 0 Å². The fourth-order valence-electron chi connectivity index (χ4n) is 22.6. The van der Waals surface area contributed by atoms with Gasteiger partial charge < -0.3 is 18.9 Å². The van der Waals surface area contributed by atoms with Gasteiger partial charge in [-0.05, 0) is 192 Å². The molecule has 0 saturated carbocycles. The third kappa shape index (κ3) is 8.72. The van der Waals surface area contributed by atoms with Crippen LogP contribution in [0, 0.1) is 0 Å². The number of nitrogens with zero attached hydrogens (tertiary/aromatic N) is 4. The molecule has 0 spiro atoms. The van der Waals surface area contributed by atoms with Crippen LogP contribution in [0.1, 0.15) is 99.9 Å². The van der Waals surface area contributed by atoms with Crippen molar-refractivity contribution in [2.24, 2.45) is 0 Å². The van der Waals surface area contributed by atoms with Gasteiger partial charge in [0.1, 0.15) is 23.0 Å². The predicted octanol–water partition coefficient (Wildman–Crippen LogP) is 24.4. The van der Waals surface area contributed by atoms with Crippen molar-refractivity contribution in [3.05, 3.63) is 336 Å². The van der Waals surface area contributed by atoms with Gasteiger partial charge in [0.05, 0.1) is 22.3 Å². The molecule has 4 aliphatic heterocycles. The van der Waals surface area contributed by atoms with Crippen molar-refractivity contribution in [2.75, 3.05) is 0 Å². The first-order valence-corrected chi connectivity index (χ1v) is 40.9. The van der Waals surface area contributed by atoms with E-state index in [1.54, 1.807) is 0 Å². The van der Waals surface area contributed by atoms with E-state index < -0.39 is 0 Å². The predicted molar refractivity (Wildman–Crippen MR) is 469 cm³/mol. The number of rotatable bonds is 0. The lowest BCUT2D eigenvalue weighted by Crippen LogP contribution is -2.42. The molecule has 28 rings (SSSR count). The van der Waals surface area contributed by atoms with E-state index in [2.05, 4.69) is 365 Å². The fourth-order valence-corrected chi connectivity index (χ4v) is 22.6. The molecule has 0 N–H and O–H groups in total. The average Bonchev–Trinajstić information content (AvgIpc) is 1.48. The van der Waals surface area contributed by atoms with Gasteiger partial charge in [0.2, 0.25) is 33.8 Å². The number of ether oxygens (including phenoxy) is 4. The van der Waals surface area contributed by atoms with Crippen molar-refractivity contribution >= 4 is 130 Å². The second-order valence-corrected chi connectivity index (χ2v) is 35.3. The van der Waals surface area contributed by atoms with Crippen LogP contribution in [0.3, 0.4) is 0 Å². The summed E-state index contributed by atoms with van der Waals surface area (Å²) in [5, 5.41) is 28.6. The maximum Gasteiger partial charge on any atom is 0.293 e. The van der Waals surface area contributed by atoms with Gasteiger partial charge in [-0.3, -0.25) is 0 Å². The normalized spacial score (nSPS) is 15.7. The molecule has 0 radical (unpaired) electrons. The van der Waals surface area contributed by atoms with Gasteiger partial charge in [-0.15, -0.1) is 0 Å². The molecule has 16 aromatic carbocycles. The van der Waals surface area contributed by atoms with Gasteiger partial charge in [0, 0.05) is 83.7 Å². The van der Waals surface area contributed by atoms with Crippen LogP contribution in [0.15, 0.2) is 291 Å². The number of aromatic nitrogens is 4. The summed E-state index contributed by atoms with van der Waals surface area (Å²) in [6.07, 6.45) is 4.40. The van der Waals surface area contributed by atoms with Crippen LogP contribution in [-0.2, 0) is 48.6 Å². The number of pyridine rings is 4. The Morgan fingerprint density at radius 2 is 0.612 bits per heavy atom. The second kappa shape index (κ2) is 23.1. The van der Waals surface area contributed by atoms with Crippen LogP contribution in [-0.4, -0.2) is 0 Å². The molecule has 20 aromatic rings. The number of benzene rings is 16.